The van der Waals surface area contributed by atoms with Crippen LogP contribution in [0.5, 0.6) is 0 Å². The second-order valence-electron chi connectivity index (χ2n) is 4.24. The molecule has 2 aromatic carbocycles. The maximum atomic E-state index is 6.09. The molecule has 0 aliphatic heterocycles. The number of aryl methyl sites for hydroxylation is 1. The summed E-state index contributed by atoms with van der Waals surface area (Å²) < 4.78 is 6.39. The minimum Gasteiger partial charge on any atom is -0.436 e. The van der Waals surface area contributed by atoms with Crippen LogP contribution >= 0.6 is 39.1 Å². The summed E-state index contributed by atoms with van der Waals surface area (Å²) in [5.41, 5.74) is 3.47. The molecule has 2 nitrogen and oxygen atoms in total. The minimum atomic E-state index is 0.511. The summed E-state index contributed by atoms with van der Waals surface area (Å²) in [4.78, 5) is 4.46. The summed E-state index contributed by atoms with van der Waals surface area (Å²) in [6.45, 7) is 2.02. The van der Waals surface area contributed by atoms with E-state index in [1.54, 1.807) is 12.1 Å². The molecule has 0 radical (unpaired) electrons. The van der Waals surface area contributed by atoms with Gasteiger partial charge in [0.1, 0.15) is 5.52 Å². The Hall–Kier alpha value is -1.03. The molecule has 1 heterocycles. The van der Waals surface area contributed by atoms with E-state index in [2.05, 4.69) is 20.9 Å². The maximum absolute atomic E-state index is 6.09. The summed E-state index contributed by atoms with van der Waals surface area (Å²) in [5.74, 6) is 0.511. The molecule has 1 aromatic heterocycles. The summed E-state index contributed by atoms with van der Waals surface area (Å²) >= 11 is 15.5. The summed E-state index contributed by atoms with van der Waals surface area (Å²) in [5, 5.41) is 1.06. The Kier molecular flexibility index (Phi) is 3.29. The SMILES string of the molecule is Cc1ccc2oc(-c3cc(Cl)c(Br)c(Cl)c3)nc2c1. The van der Waals surface area contributed by atoms with Crippen LogP contribution in [0.25, 0.3) is 22.6 Å². The number of hydrogen-bond donors (Lipinski definition) is 0. The van der Waals surface area contributed by atoms with Crippen molar-refractivity contribution in [1.82, 2.24) is 4.98 Å². The zero-order valence-electron chi connectivity index (χ0n) is 9.88. The van der Waals surface area contributed by atoms with E-state index in [1.165, 1.54) is 0 Å². The Morgan fingerprint density at radius 1 is 1.11 bits per heavy atom. The van der Waals surface area contributed by atoms with Gasteiger partial charge in [-0.05, 0) is 52.7 Å². The molecule has 0 unspecified atom stereocenters. The molecule has 0 bridgehead atoms. The molecular formula is C14H8BrCl2NO. The van der Waals surface area contributed by atoms with Gasteiger partial charge in [0.05, 0.1) is 14.5 Å². The molecular weight excluding hydrogens is 349 g/mol. The van der Waals surface area contributed by atoms with Crippen LogP contribution < -0.4 is 0 Å². The first-order valence-corrected chi connectivity index (χ1v) is 7.11. The molecule has 19 heavy (non-hydrogen) atoms. The van der Waals surface area contributed by atoms with Gasteiger partial charge in [-0.2, -0.15) is 0 Å². The molecule has 0 atom stereocenters. The number of aromatic nitrogens is 1. The van der Waals surface area contributed by atoms with Crippen molar-refractivity contribution < 1.29 is 4.42 Å². The molecule has 0 amide bonds. The van der Waals surface area contributed by atoms with Crippen molar-refractivity contribution in [1.29, 1.82) is 0 Å². The highest BCUT2D eigenvalue weighted by Crippen LogP contribution is 2.35. The average Bonchev–Trinajstić information content (AvgIpc) is 2.78. The van der Waals surface area contributed by atoms with Gasteiger partial charge in [0.2, 0.25) is 5.89 Å². The normalized spacial score (nSPS) is 11.2. The number of fused-ring (bicyclic) bond motifs is 1. The third kappa shape index (κ3) is 2.38. The largest absolute Gasteiger partial charge is 0.436 e. The summed E-state index contributed by atoms with van der Waals surface area (Å²) in [6.07, 6.45) is 0. The Balaban J connectivity index is 2.19. The fraction of sp³-hybridized carbons (Fsp3) is 0.0714. The molecule has 0 aliphatic rings. The van der Waals surface area contributed by atoms with Crippen molar-refractivity contribution >= 4 is 50.2 Å². The first kappa shape index (κ1) is 13.0. The molecule has 3 rings (SSSR count). The van der Waals surface area contributed by atoms with Gasteiger partial charge < -0.3 is 4.42 Å². The Morgan fingerprint density at radius 2 is 1.79 bits per heavy atom. The van der Waals surface area contributed by atoms with E-state index in [0.29, 0.717) is 20.4 Å². The number of rotatable bonds is 1. The second kappa shape index (κ2) is 4.82. The average molecular weight is 357 g/mol. The fourth-order valence-electron chi connectivity index (χ4n) is 1.84. The van der Waals surface area contributed by atoms with Gasteiger partial charge >= 0.3 is 0 Å². The monoisotopic (exact) mass is 355 g/mol. The van der Waals surface area contributed by atoms with Gasteiger partial charge in [-0.15, -0.1) is 0 Å². The van der Waals surface area contributed by atoms with Crippen molar-refractivity contribution in [2.24, 2.45) is 0 Å². The smallest absolute Gasteiger partial charge is 0.227 e. The lowest BCUT2D eigenvalue weighted by molar-refractivity contribution is 0.620. The van der Waals surface area contributed by atoms with Crippen molar-refractivity contribution in [2.75, 3.05) is 0 Å². The molecule has 5 heteroatoms. The van der Waals surface area contributed by atoms with E-state index >= 15 is 0 Å². The van der Waals surface area contributed by atoms with Crippen LogP contribution in [-0.4, -0.2) is 4.98 Å². The van der Waals surface area contributed by atoms with E-state index < -0.39 is 0 Å². The van der Waals surface area contributed by atoms with Crippen molar-refractivity contribution in [3.63, 3.8) is 0 Å². The standard InChI is InChI=1S/C14H8BrCl2NO/c1-7-2-3-12-11(4-7)18-14(19-12)8-5-9(16)13(15)10(17)6-8/h2-6H,1H3. The first-order chi connectivity index (χ1) is 9.04. The Bertz CT molecular complexity index is 759. The van der Waals surface area contributed by atoms with Crippen LogP contribution in [0.1, 0.15) is 5.56 Å². The highest BCUT2D eigenvalue weighted by atomic mass is 79.9. The lowest BCUT2D eigenvalue weighted by Crippen LogP contribution is -1.80. The van der Waals surface area contributed by atoms with Gasteiger partial charge in [-0.1, -0.05) is 29.3 Å². The maximum Gasteiger partial charge on any atom is 0.227 e. The van der Waals surface area contributed by atoms with E-state index in [4.69, 9.17) is 27.6 Å². The molecule has 0 spiro atoms. The van der Waals surface area contributed by atoms with Gasteiger partial charge in [-0.25, -0.2) is 4.98 Å². The molecule has 0 N–H and O–H groups in total. The Morgan fingerprint density at radius 3 is 2.47 bits per heavy atom. The van der Waals surface area contributed by atoms with E-state index in [9.17, 15) is 0 Å². The summed E-state index contributed by atoms with van der Waals surface area (Å²) in [7, 11) is 0. The van der Waals surface area contributed by atoms with Crippen molar-refractivity contribution in [3.05, 3.63) is 50.4 Å². The zero-order chi connectivity index (χ0) is 13.6. The minimum absolute atomic E-state index is 0.511. The van der Waals surface area contributed by atoms with E-state index in [-0.39, 0.29) is 0 Å². The summed E-state index contributed by atoms with van der Waals surface area (Å²) in [6, 6.07) is 9.41. The van der Waals surface area contributed by atoms with Crippen LogP contribution in [0.3, 0.4) is 0 Å². The number of oxazole rings is 1. The lowest BCUT2D eigenvalue weighted by atomic mass is 10.2. The van der Waals surface area contributed by atoms with Crippen molar-refractivity contribution in [2.45, 2.75) is 6.92 Å². The molecule has 0 saturated carbocycles. The van der Waals surface area contributed by atoms with Crippen LogP contribution in [-0.2, 0) is 0 Å². The fourth-order valence-corrected chi connectivity index (χ4v) is 2.56. The predicted molar refractivity (Wildman–Crippen MR) is 81.9 cm³/mol. The van der Waals surface area contributed by atoms with Gasteiger partial charge in [-0.3, -0.25) is 0 Å². The molecule has 96 valence electrons. The first-order valence-electron chi connectivity index (χ1n) is 5.57. The third-order valence-electron chi connectivity index (χ3n) is 2.77. The topological polar surface area (TPSA) is 26.0 Å². The van der Waals surface area contributed by atoms with Crippen molar-refractivity contribution in [3.8, 4) is 11.5 Å². The molecule has 0 fully saturated rings. The second-order valence-corrected chi connectivity index (χ2v) is 5.85. The molecule has 3 aromatic rings. The molecule has 0 saturated heterocycles. The van der Waals surface area contributed by atoms with Gasteiger partial charge in [0.15, 0.2) is 5.58 Å². The quantitative estimate of drug-likeness (QED) is 0.509. The predicted octanol–water partition coefficient (Wildman–Crippen LogP) is 5.87. The Labute approximate surface area is 128 Å². The highest BCUT2D eigenvalue weighted by molar-refractivity contribution is 9.10. The third-order valence-corrected chi connectivity index (χ3v) is 4.68. The van der Waals surface area contributed by atoms with Crippen LogP contribution in [0, 0.1) is 6.92 Å². The zero-order valence-corrected chi connectivity index (χ0v) is 13.0. The number of benzene rings is 2. The van der Waals surface area contributed by atoms with Gasteiger partial charge in [0, 0.05) is 5.56 Å². The van der Waals surface area contributed by atoms with Crippen LogP contribution in [0.2, 0.25) is 10.0 Å². The van der Waals surface area contributed by atoms with E-state index in [1.807, 2.05) is 25.1 Å². The number of nitrogens with zero attached hydrogens (tertiary/aromatic N) is 1. The van der Waals surface area contributed by atoms with Gasteiger partial charge in [0.25, 0.3) is 0 Å². The molecule has 0 aliphatic carbocycles. The van der Waals surface area contributed by atoms with E-state index in [0.717, 1.165) is 22.2 Å². The van der Waals surface area contributed by atoms with Crippen LogP contribution in [0.4, 0.5) is 0 Å². The number of hydrogen-bond acceptors (Lipinski definition) is 2. The lowest BCUT2D eigenvalue weighted by Gasteiger charge is -2.01. The number of halogens is 3. The highest BCUT2D eigenvalue weighted by Gasteiger charge is 2.12. The van der Waals surface area contributed by atoms with Crippen LogP contribution in [0.15, 0.2) is 39.2 Å².